The van der Waals surface area contributed by atoms with Crippen molar-refractivity contribution in [2.24, 2.45) is 0 Å². The van der Waals surface area contributed by atoms with Crippen molar-refractivity contribution >= 4 is 11.7 Å². The minimum atomic E-state index is -0.530. The van der Waals surface area contributed by atoms with Crippen molar-refractivity contribution in [3.63, 3.8) is 0 Å². The number of hydrogen-bond acceptors (Lipinski definition) is 6. The second-order valence-corrected chi connectivity index (χ2v) is 7.49. The highest BCUT2D eigenvalue weighted by molar-refractivity contribution is 5.96. The summed E-state index contributed by atoms with van der Waals surface area (Å²) in [6.07, 6.45) is 8.70. The number of halogens is 1. The van der Waals surface area contributed by atoms with Crippen LogP contribution in [0.2, 0.25) is 0 Å². The number of aromatic nitrogens is 5. The molecule has 0 radical (unpaired) electrons. The zero-order valence-electron chi connectivity index (χ0n) is 16.3. The number of nitrogens with zero attached hydrogens (tertiary/aromatic N) is 5. The van der Waals surface area contributed by atoms with E-state index in [4.69, 9.17) is 0 Å². The fraction of sp³-hybridized carbons (Fsp3) is 0.350. The molecule has 0 aromatic carbocycles. The average molecular weight is 395 g/mol. The molecular formula is C20H22FN7O. The number of pyridine rings is 2. The molecule has 0 bridgehead atoms. The first kappa shape index (κ1) is 19.0. The Morgan fingerprint density at radius 1 is 1.28 bits per heavy atom. The molecule has 1 aliphatic carbocycles. The number of hydrogen-bond donors (Lipinski definition) is 2. The van der Waals surface area contributed by atoms with E-state index in [1.807, 2.05) is 6.92 Å². The number of aryl methyl sites for hydroxylation is 1. The van der Waals surface area contributed by atoms with Crippen LogP contribution in [0.1, 0.15) is 42.2 Å². The topological polar surface area (TPSA) is 97.6 Å². The van der Waals surface area contributed by atoms with Gasteiger partial charge in [0, 0.05) is 12.4 Å². The molecule has 1 aliphatic rings. The number of carbonyl (C=O) groups is 1. The highest BCUT2D eigenvalue weighted by Crippen LogP contribution is 2.33. The standard InChI is InChI=1S/C20H22FN7O/c1-13-11-14(21)18(23-12-13)27-20(2)7-3-6-16(20)26-19(29)17-15(5-4-8-22-17)28-24-9-10-25-28/h4-5,8-12,16H,3,6-7H2,1-2H3,(H,23,27)(H,26,29). The molecule has 3 aromatic heterocycles. The Morgan fingerprint density at radius 2 is 2.07 bits per heavy atom. The van der Waals surface area contributed by atoms with Gasteiger partial charge in [0.05, 0.1) is 24.0 Å². The van der Waals surface area contributed by atoms with Gasteiger partial charge < -0.3 is 10.6 Å². The van der Waals surface area contributed by atoms with Crippen LogP contribution in [-0.4, -0.2) is 42.4 Å². The predicted molar refractivity (Wildman–Crippen MR) is 105 cm³/mol. The van der Waals surface area contributed by atoms with E-state index >= 15 is 0 Å². The minimum Gasteiger partial charge on any atom is -0.360 e. The zero-order valence-corrected chi connectivity index (χ0v) is 16.3. The van der Waals surface area contributed by atoms with Gasteiger partial charge in [-0.2, -0.15) is 10.2 Å². The first-order valence-corrected chi connectivity index (χ1v) is 9.49. The summed E-state index contributed by atoms with van der Waals surface area (Å²) in [5, 5.41) is 14.4. The van der Waals surface area contributed by atoms with Crippen LogP contribution in [0.4, 0.5) is 10.2 Å². The van der Waals surface area contributed by atoms with E-state index in [-0.39, 0.29) is 23.5 Å². The SMILES string of the molecule is Cc1cnc(NC2(C)CCCC2NC(=O)c2ncccc2-n2nccn2)c(F)c1. The number of rotatable bonds is 5. The molecule has 3 aromatic rings. The lowest BCUT2D eigenvalue weighted by Crippen LogP contribution is -2.52. The lowest BCUT2D eigenvalue weighted by molar-refractivity contribution is 0.0921. The van der Waals surface area contributed by atoms with E-state index in [0.29, 0.717) is 5.69 Å². The smallest absolute Gasteiger partial charge is 0.272 e. The Morgan fingerprint density at radius 3 is 2.83 bits per heavy atom. The number of anilines is 1. The van der Waals surface area contributed by atoms with Crippen LogP contribution in [0.25, 0.3) is 5.69 Å². The predicted octanol–water partition coefficient (Wildman–Crippen LogP) is 2.66. The van der Waals surface area contributed by atoms with Gasteiger partial charge in [-0.25, -0.2) is 14.4 Å². The van der Waals surface area contributed by atoms with Crippen LogP contribution < -0.4 is 10.6 Å². The summed E-state index contributed by atoms with van der Waals surface area (Å²) in [6, 6.07) is 4.69. The quantitative estimate of drug-likeness (QED) is 0.689. The molecule has 3 heterocycles. The molecule has 150 valence electrons. The summed E-state index contributed by atoms with van der Waals surface area (Å²) in [5.74, 6) is -0.534. The molecule has 2 unspecified atom stereocenters. The number of carbonyl (C=O) groups excluding carboxylic acids is 1. The van der Waals surface area contributed by atoms with Gasteiger partial charge in [0.2, 0.25) is 0 Å². The largest absolute Gasteiger partial charge is 0.360 e. The first-order chi connectivity index (χ1) is 14.0. The second kappa shape index (κ2) is 7.57. The zero-order chi connectivity index (χ0) is 20.4. The van der Waals surface area contributed by atoms with Gasteiger partial charge in [0.1, 0.15) is 5.69 Å². The molecule has 1 fully saturated rings. The van der Waals surface area contributed by atoms with E-state index in [9.17, 15) is 9.18 Å². The van der Waals surface area contributed by atoms with Gasteiger partial charge >= 0.3 is 0 Å². The van der Waals surface area contributed by atoms with Crippen LogP contribution in [0, 0.1) is 12.7 Å². The Balaban J connectivity index is 1.55. The normalized spacial score (nSPS) is 21.1. The van der Waals surface area contributed by atoms with Gasteiger partial charge in [0.15, 0.2) is 17.3 Å². The second-order valence-electron chi connectivity index (χ2n) is 7.49. The lowest BCUT2D eigenvalue weighted by Gasteiger charge is -2.34. The Labute approximate surface area is 167 Å². The summed E-state index contributed by atoms with van der Waals surface area (Å²) >= 11 is 0. The molecule has 8 nitrogen and oxygen atoms in total. The third-order valence-electron chi connectivity index (χ3n) is 5.28. The fourth-order valence-electron chi connectivity index (χ4n) is 3.74. The fourth-order valence-corrected chi connectivity index (χ4v) is 3.74. The highest BCUT2D eigenvalue weighted by Gasteiger charge is 2.41. The van der Waals surface area contributed by atoms with Crippen molar-refractivity contribution in [1.29, 1.82) is 0 Å². The van der Waals surface area contributed by atoms with Crippen molar-refractivity contribution in [3.05, 3.63) is 60.1 Å². The monoisotopic (exact) mass is 395 g/mol. The van der Waals surface area contributed by atoms with Crippen molar-refractivity contribution < 1.29 is 9.18 Å². The van der Waals surface area contributed by atoms with Gasteiger partial charge in [-0.1, -0.05) is 0 Å². The third-order valence-corrected chi connectivity index (χ3v) is 5.28. The van der Waals surface area contributed by atoms with Crippen LogP contribution in [0.5, 0.6) is 0 Å². The van der Waals surface area contributed by atoms with Gasteiger partial charge in [-0.3, -0.25) is 4.79 Å². The van der Waals surface area contributed by atoms with Crippen molar-refractivity contribution in [1.82, 2.24) is 30.3 Å². The van der Waals surface area contributed by atoms with Gasteiger partial charge in [-0.15, -0.1) is 4.80 Å². The van der Waals surface area contributed by atoms with E-state index in [1.54, 1.807) is 31.5 Å². The molecule has 0 spiro atoms. The van der Waals surface area contributed by atoms with E-state index in [1.165, 1.54) is 23.3 Å². The maximum Gasteiger partial charge on any atom is 0.272 e. The highest BCUT2D eigenvalue weighted by atomic mass is 19.1. The summed E-state index contributed by atoms with van der Waals surface area (Å²) in [6.45, 7) is 3.76. The van der Waals surface area contributed by atoms with E-state index in [0.717, 1.165) is 24.8 Å². The molecule has 4 rings (SSSR count). The maximum atomic E-state index is 14.3. The van der Waals surface area contributed by atoms with Crippen molar-refractivity contribution in [2.45, 2.75) is 44.7 Å². The molecular weight excluding hydrogens is 373 g/mol. The number of nitrogens with one attached hydrogen (secondary N) is 2. The molecule has 0 saturated heterocycles. The number of amides is 1. The van der Waals surface area contributed by atoms with Crippen LogP contribution >= 0.6 is 0 Å². The molecule has 2 N–H and O–H groups in total. The van der Waals surface area contributed by atoms with Crippen molar-refractivity contribution in [3.8, 4) is 5.69 Å². The van der Waals surface area contributed by atoms with E-state index in [2.05, 4.69) is 30.8 Å². The molecule has 1 saturated carbocycles. The average Bonchev–Trinajstić information content (AvgIpc) is 3.35. The first-order valence-electron chi connectivity index (χ1n) is 9.49. The molecule has 2 atom stereocenters. The van der Waals surface area contributed by atoms with Crippen molar-refractivity contribution in [2.75, 3.05) is 5.32 Å². The van der Waals surface area contributed by atoms with Crippen LogP contribution in [0.15, 0.2) is 43.0 Å². The van der Waals surface area contributed by atoms with E-state index < -0.39 is 11.4 Å². The summed E-state index contributed by atoms with van der Waals surface area (Å²) < 4.78 is 14.3. The van der Waals surface area contributed by atoms with Crippen LogP contribution in [0.3, 0.4) is 0 Å². The summed E-state index contributed by atoms with van der Waals surface area (Å²) in [7, 11) is 0. The lowest BCUT2D eigenvalue weighted by atomic mass is 9.95. The molecule has 29 heavy (non-hydrogen) atoms. The summed E-state index contributed by atoms with van der Waals surface area (Å²) in [5.41, 5.74) is 0.952. The van der Waals surface area contributed by atoms with Gasteiger partial charge in [0.25, 0.3) is 5.91 Å². The van der Waals surface area contributed by atoms with Crippen LogP contribution in [-0.2, 0) is 0 Å². The molecule has 0 aliphatic heterocycles. The summed E-state index contributed by atoms with van der Waals surface area (Å²) in [4.78, 5) is 22.8. The Bertz CT molecular complexity index is 1020. The minimum absolute atomic E-state index is 0.193. The maximum absolute atomic E-state index is 14.3. The molecule has 9 heteroatoms. The Kier molecular flexibility index (Phi) is 4.96. The Hall–Kier alpha value is -3.36. The molecule has 1 amide bonds. The van der Waals surface area contributed by atoms with Gasteiger partial charge in [-0.05, 0) is 56.9 Å². The third kappa shape index (κ3) is 3.80.